The van der Waals surface area contributed by atoms with E-state index < -0.39 is 24.3 Å². The molecule has 0 radical (unpaired) electrons. The van der Waals surface area contributed by atoms with Gasteiger partial charge in [-0.05, 0) is 34.1 Å². The first kappa shape index (κ1) is 13.3. The second kappa shape index (κ2) is 4.22. The highest BCUT2D eigenvalue weighted by atomic mass is 16.7. The molecule has 16 heavy (non-hydrogen) atoms. The summed E-state index contributed by atoms with van der Waals surface area (Å²) in [5, 5.41) is 9.08. The SMILES string of the molecule is CC/C=C(\B1OC(C)(C)C(C)(C)O1)C(=O)O. The van der Waals surface area contributed by atoms with Crippen molar-refractivity contribution in [3.63, 3.8) is 0 Å². The molecule has 0 unspecified atom stereocenters. The minimum atomic E-state index is -0.986. The molecule has 0 aromatic rings. The van der Waals surface area contributed by atoms with Gasteiger partial charge < -0.3 is 14.4 Å². The molecule has 90 valence electrons. The molecule has 1 rings (SSSR count). The predicted octanol–water partition coefficient (Wildman–Crippen LogP) is 2.04. The molecule has 0 spiro atoms. The summed E-state index contributed by atoms with van der Waals surface area (Å²) < 4.78 is 11.3. The summed E-state index contributed by atoms with van der Waals surface area (Å²) in [6.07, 6.45) is 2.27. The van der Waals surface area contributed by atoms with E-state index in [-0.39, 0.29) is 5.47 Å². The predicted molar refractivity (Wildman–Crippen MR) is 62.1 cm³/mol. The quantitative estimate of drug-likeness (QED) is 0.590. The van der Waals surface area contributed by atoms with Gasteiger partial charge in [-0.3, -0.25) is 0 Å². The van der Waals surface area contributed by atoms with E-state index >= 15 is 0 Å². The van der Waals surface area contributed by atoms with Gasteiger partial charge in [-0.25, -0.2) is 4.79 Å². The maximum Gasteiger partial charge on any atom is 0.501 e. The fraction of sp³-hybridized carbons (Fsp3) is 0.727. The zero-order chi connectivity index (χ0) is 12.6. The van der Waals surface area contributed by atoms with Gasteiger partial charge in [0.2, 0.25) is 0 Å². The van der Waals surface area contributed by atoms with Crippen LogP contribution in [-0.4, -0.2) is 29.4 Å². The number of allylic oxidation sites excluding steroid dienone is 1. The lowest BCUT2D eigenvalue weighted by atomic mass is 9.77. The van der Waals surface area contributed by atoms with Gasteiger partial charge in [0, 0.05) is 0 Å². The topological polar surface area (TPSA) is 55.8 Å². The van der Waals surface area contributed by atoms with Crippen LogP contribution in [0.1, 0.15) is 41.0 Å². The Bertz CT molecular complexity index is 304. The molecule has 0 bridgehead atoms. The van der Waals surface area contributed by atoms with E-state index in [0.717, 1.165) is 0 Å². The van der Waals surface area contributed by atoms with Crippen LogP contribution >= 0.6 is 0 Å². The molecule has 0 aliphatic carbocycles. The Morgan fingerprint density at radius 3 is 2.00 bits per heavy atom. The summed E-state index contributed by atoms with van der Waals surface area (Å²) in [5.74, 6) is -0.986. The Kier molecular flexibility index (Phi) is 3.50. The van der Waals surface area contributed by atoms with E-state index in [9.17, 15) is 4.79 Å². The van der Waals surface area contributed by atoms with Crippen molar-refractivity contribution in [1.82, 2.24) is 0 Å². The normalized spacial score (nSPS) is 23.6. The summed E-state index contributed by atoms with van der Waals surface area (Å²) in [7, 11) is -0.776. The molecular formula is C11H19BO4. The third-order valence-electron chi connectivity index (χ3n) is 3.18. The second-order valence-electron chi connectivity index (χ2n) is 4.96. The van der Waals surface area contributed by atoms with E-state index in [1.165, 1.54) is 0 Å². The summed E-state index contributed by atoms with van der Waals surface area (Å²) in [5.41, 5.74) is -0.818. The molecule has 0 amide bonds. The summed E-state index contributed by atoms with van der Waals surface area (Å²) >= 11 is 0. The smallest absolute Gasteiger partial charge is 0.478 e. The number of carbonyl (C=O) groups is 1. The molecule has 0 aromatic carbocycles. The van der Waals surface area contributed by atoms with E-state index in [1.807, 2.05) is 34.6 Å². The molecule has 0 atom stereocenters. The summed E-state index contributed by atoms with van der Waals surface area (Å²) in [6.45, 7) is 9.49. The zero-order valence-corrected chi connectivity index (χ0v) is 10.5. The highest BCUT2D eigenvalue weighted by Gasteiger charge is 2.53. The fourth-order valence-corrected chi connectivity index (χ4v) is 1.47. The van der Waals surface area contributed by atoms with Crippen LogP contribution in [-0.2, 0) is 14.1 Å². The van der Waals surface area contributed by atoms with Crippen LogP contribution in [0.25, 0.3) is 0 Å². The van der Waals surface area contributed by atoms with Gasteiger partial charge in [0.1, 0.15) is 0 Å². The Hall–Kier alpha value is -0.805. The van der Waals surface area contributed by atoms with Crippen molar-refractivity contribution in [3.8, 4) is 0 Å². The molecule has 1 fully saturated rings. The minimum absolute atomic E-state index is 0.182. The minimum Gasteiger partial charge on any atom is -0.478 e. The van der Waals surface area contributed by atoms with Crippen LogP contribution in [0, 0.1) is 0 Å². The van der Waals surface area contributed by atoms with Gasteiger partial charge in [0.25, 0.3) is 0 Å². The summed E-state index contributed by atoms with van der Waals surface area (Å²) in [6, 6.07) is 0. The maximum atomic E-state index is 11.1. The van der Waals surface area contributed by atoms with Gasteiger partial charge in [-0.2, -0.15) is 0 Å². The van der Waals surface area contributed by atoms with Gasteiger partial charge in [0.15, 0.2) is 0 Å². The Morgan fingerprint density at radius 2 is 1.69 bits per heavy atom. The third kappa shape index (κ3) is 2.30. The number of carboxylic acid groups (broad SMARTS) is 1. The highest BCUT2D eigenvalue weighted by molar-refractivity contribution is 6.61. The average Bonchev–Trinajstić information content (AvgIpc) is 2.31. The maximum absolute atomic E-state index is 11.1. The van der Waals surface area contributed by atoms with Gasteiger partial charge >= 0.3 is 13.1 Å². The van der Waals surface area contributed by atoms with Crippen LogP contribution in [0.4, 0.5) is 0 Å². The van der Waals surface area contributed by atoms with Crippen molar-refractivity contribution in [2.45, 2.75) is 52.2 Å². The van der Waals surface area contributed by atoms with Crippen molar-refractivity contribution in [2.24, 2.45) is 0 Å². The Balaban J connectivity index is 2.94. The van der Waals surface area contributed by atoms with Gasteiger partial charge in [-0.1, -0.05) is 13.0 Å². The molecular weight excluding hydrogens is 207 g/mol. The van der Waals surface area contributed by atoms with E-state index in [2.05, 4.69) is 0 Å². The lowest BCUT2D eigenvalue weighted by molar-refractivity contribution is -0.132. The van der Waals surface area contributed by atoms with E-state index in [0.29, 0.717) is 6.42 Å². The van der Waals surface area contributed by atoms with Crippen molar-refractivity contribution in [2.75, 3.05) is 0 Å². The van der Waals surface area contributed by atoms with Crippen LogP contribution in [0.2, 0.25) is 0 Å². The number of rotatable bonds is 3. The molecule has 1 aliphatic heterocycles. The molecule has 1 heterocycles. The van der Waals surface area contributed by atoms with Crippen LogP contribution in [0.5, 0.6) is 0 Å². The molecule has 1 aliphatic rings. The van der Waals surface area contributed by atoms with Crippen molar-refractivity contribution in [1.29, 1.82) is 0 Å². The Morgan fingerprint density at radius 1 is 1.25 bits per heavy atom. The van der Waals surface area contributed by atoms with Crippen LogP contribution in [0.3, 0.4) is 0 Å². The molecule has 1 saturated heterocycles. The molecule has 0 saturated carbocycles. The number of aliphatic carboxylic acids is 1. The largest absolute Gasteiger partial charge is 0.501 e. The van der Waals surface area contributed by atoms with Crippen LogP contribution < -0.4 is 0 Å². The van der Waals surface area contributed by atoms with Gasteiger partial charge in [-0.15, -0.1) is 0 Å². The standard InChI is InChI=1S/C11H19BO4/c1-6-7-8(9(13)14)12-15-10(2,3)11(4,5)16-12/h7H,6H2,1-5H3,(H,13,14)/b8-7-. The average molecular weight is 226 g/mol. The first-order chi connectivity index (χ1) is 7.21. The van der Waals surface area contributed by atoms with Crippen molar-refractivity contribution >= 4 is 13.1 Å². The van der Waals surface area contributed by atoms with Crippen molar-refractivity contribution < 1.29 is 19.2 Å². The molecule has 4 nitrogen and oxygen atoms in total. The molecule has 0 aromatic heterocycles. The number of carboxylic acids is 1. The third-order valence-corrected chi connectivity index (χ3v) is 3.18. The first-order valence-electron chi connectivity index (χ1n) is 5.50. The van der Waals surface area contributed by atoms with E-state index in [4.69, 9.17) is 14.4 Å². The number of hydrogen-bond acceptors (Lipinski definition) is 3. The lowest BCUT2D eigenvalue weighted by Crippen LogP contribution is -2.41. The second-order valence-corrected chi connectivity index (χ2v) is 4.96. The fourth-order valence-electron chi connectivity index (χ4n) is 1.47. The molecule has 1 N–H and O–H groups in total. The summed E-state index contributed by atoms with van der Waals surface area (Å²) in [4.78, 5) is 11.1. The number of hydrogen-bond donors (Lipinski definition) is 1. The van der Waals surface area contributed by atoms with Gasteiger partial charge in [0.05, 0.1) is 16.7 Å². The van der Waals surface area contributed by atoms with Crippen molar-refractivity contribution in [3.05, 3.63) is 11.5 Å². The molecule has 5 heteroatoms. The Labute approximate surface area is 96.8 Å². The van der Waals surface area contributed by atoms with E-state index in [1.54, 1.807) is 6.08 Å². The lowest BCUT2D eigenvalue weighted by Gasteiger charge is -2.32. The zero-order valence-electron chi connectivity index (χ0n) is 10.5. The highest BCUT2D eigenvalue weighted by Crippen LogP contribution is 2.38. The first-order valence-corrected chi connectivity index (χ1v) is 5.50. The monoisotopic (exact) mass is 226 g/mol. The van der Waals surface area contributed by atoms with Crippen LogP contribution in [0.15, 0.2) is 11.5 Å².